The van der Waals surface area contributed by atoms with E-state index in [4.69, 9.17) is 46.9 Å². The summed E-state index contributed by atoms with van der Waals surface area (Å²) in [6.45, 7) is 6.15. The van der Waals surface area contributed by atoms with Gasteiger partial charge in [-0.15, -0.1) is 0 Å². The second-order valence-electron chi connectivity index (χ2n) is 10.2. The number of rotatable bonds is 15. The highest BCUT2D eigenvalue weighted by Crippen LogP contribution is 2.36. The minimum atomic E-state index is -1.17. The van der Waals surface area contributed by atoms with Crippen molar-refractivity contribution in [3.8, 4) is 23.0 Å². The number of carbonyl (C=O) groups excluding carboxylic acids is 2. The van der Waals surface area contributed by atoms with Crippen molar-refractivity contribution in [3.05, 3.63) is 90.1 Å². The highest BCUT2D eigenvalue weighted by atomic mass is 127. The molecule has 1 aliphatic heterocycles. The fraction of sp³-hybridized carbons (Fsp3) is 0.303. The topological polar surface area (TPSA) is 149 Å². The van der Waals surface area contributed by atoms with E-state index in [1.165, 1.54) is 7.11 Å². The van der Waals surface area contributed by atoms with Crippen LogP contribution in [0.2, 0.25) is 10.0 Å². The maximum Gasteiger partial charge on any atom is 0.337 e. The summed E-state index contributed by atoms with van der Waals surface area (Å²) in [5.74, 6) is 1.24. The zero-order valence-electron chi connectivity index (χ0n) is 26.6. The van der Waals surface area contributed by atoms with E-state index in [0.717, 1.165) is 9.13 Å². The Kier molecular flexibility index (Phi) is 13.4. The Hall–Kier alpha value is -3.92. The van der Waals surface area contributed by atoms with Crippen LogP contribution in [0.15, 0.2) is 64.9 Å². The van der Waals surface area contributed by atoms with Gasteiger partial charge in [0.2, 0.25) is 0 Å². The number of amides is 2. The third-order valence-corrected chi connectivity index (χ3v) is 8.35. The van der Waals surface area contributed by atoms with E-state index in [9.17, 15) is 14.7 Å². The van der Waals surface area contributed by atoms with Crippen LogP contribution < -0.4 is 35.0 Å². The van der Waals surface area contributed by atoms with E-state index < -0.39 is 24.3 Å². The van der Waals surface area contributed by atoms with Gasteiger partial charge >= 0.3 is 12.0 Å². The number of aliphatic hydroxyl groups is 1. The minimum absolute atomic E-state index is 0.170. The molecule has 4 N–H and O–H groups in total. The molecule has 0 saturated carbocycles. The first-order chi connectivity index (χ1) is 23.0. The van der Waals surface area contributed by atoms with E-state index in [1.54, 1.807) is 49.5 Å². The molecule has 0 fully saturated rings. The average molecular weight is 813 g/mol. The summed E-state index contributed by atoms with van der Waals surface area (Å²) in [7, 11) is 1.27. The zero-order valence-corrected chi connectivity index (χ0v) is 30.2. The van der Waals surface area contributed by atoms with Gasteiger partial charge in [0.05, 0.1) is 51.8 Å². The van der Waals surface area contributed by atoms with Crippen LogP contribution >= 0.6 is 45.8 Å². The second-order valence-corrected chi connectivity index (χ2v) is 12.2. The molecule has 2 atom stereocenters. The summed E-state index contributed by atoms with van der Waals surface area (Å²) in [6, 6.07) is 12.7. The molecule has 0 aromatic heterocycles. The second kappa shape index (κ2) is 17.5. The first-order valence-corrected chi connectivity index (χ1v) is 16.6. The van der Waals surface area contributed by atoms with Gasteiger partial charge in [0.1, 0.15) is 13.2 Å². The number of benzene rings is 3. The van der Waals surface area contributed by atoms with Crippen molar-refractivity contribution in [2.24, 2.45) is 5.10 Å². The predicted molar refractivity (Wildman–Crippen MR) is 190 cm³/mol. The Balaban J connectivity index is 1.40. The average Bonchev–Trinajstić information content (AvgIpc) is 3.05. The highest BCUT2D eigenvalue weighted by molar-refractivity contribution is 14.1. The molecular formula is C33H35Cl2IN4O8. The van der Waals surface area contributed by atoms with Gasteiger partial charge in [-0.3, -0.25) is 5.43 Å². The molecule has 15 heteroatoms. The Bertz CT molecular complexity index is 1700. The number of hydrogen-bond acceptors (Lipinski definition) is 10. The lowest BCUT2D eigenvalue weighted by Crippen LogP contribution is -2.45. The lowest BCUT2D eigenvalue weighted by Gasteiger charge is -2.28. The summed E-state index contributed by atoms with van der Waals surface area (Å²) >= 11 is 14.3. The predicted octanol–water partition coefficient (Wildman–Crippen LogP) is 6.10. The molecule has 3 aromatic rings. The molecule has 48 heavy (non-hydrogen) atoms. The standard InChI is InChI=1S/C33H35Cl2IN4O8/c1-5-45-26-14-21(30-29(32(42)44-4)18(3)38-33(43)39-30)8-10-25(26)47-17-28(41)40-37-15-20-12-24(36)31(27(13-20)46-6-2)48-16-19-7-9-22(34)23(35)11-19/h7-15,28,30,40-41H,5-6,16-17H2,1-4H3,(H2,38,39,43)/b37-15+/t28-,30+/m0/s1. The van der Waals surface area contributed by atoms with Crippen LogP contribution in [0.1, 0.15) is 43.5 Å². The normalized spacial score (nSPS) is 15.0. The summed E-state index contributed by atoms with van der Waals surface area (Å²) in [6.07, 6.45) is 0.369. The van der Waals surface area contributed by atoms with E-state index in [1.807, 2.05) is 26.0 Å². The van der Waals surface area contributed by atoms with Crippen LogP contribution in [-0.4, -0.2) is 56.5 Å². The van der Waals surface area contributed by atoms with Gasteiger partial charge in [0.25, 0.3) is 0 Å². The highest BCUT2D eigenvalue weighted by Gasteiger charge is 2.32. The number of carbonyl (C=O) groups is 2. The number of nitrogens with zero attached hydrogens (tertiary/aromatic N) is 1. The molecule has 1 heterocycles. The van der Waals surface area contributed by atoms with E-state index in [0.29, 0.717) is 63.1 Å². The fourth-order valence-corrected chi connectivity index (χ4v) is 5.77. The lowest BCUT2D eigenvalue weighted by atomic mass is 9.95. The Labute approximate surface area is 301 Å². The molecule has 0 unspecified atom stereocenters. The number of ether oxygens (including phenoxy) is 5. The number of nitrogens with one attached hydrogen (secondary N) is 3. The summed E-state index contributed by atoms with van der Waals surface area (Å²) in [4.78, 5) is 24.7. The maximum absolute atomic E-state index is 12.5. The zero-order chi connectivity index (χ0) is 34.8. The summed E-state index contributed by atoms with van der Waals surface area (Å²) < 4.78 is 29.2. The Morgan fingerprint density at radius 1 is 1.02 bits per heavy atom. The Morgan fingerprint density at radius 3 is 2.48 bits per heavy atom. The van der Waals surface area contributed by atoms with E-state index in [-0.39, 0.29) is 18.8 Å². The van der Waals surface area contributed by atoms with Gasteiger partial charge in [-0.05, 0) is 96.5 Å². The minimum Gasteiger partial charge on any atom is -0.490 e. The van der Waals surface area contributed by atoms with E-state index >= 15 is 0 Å². The number of methoxy groups -OCH3 is 1. The van der Waals surface area contributed by atoms with Crippen molar-refractivity contribution in [1.82, 2.24) is 16.1 Å². The van der Waals surface area contributed by atoms with Gasteiger partial charge in [0.15, 0.2) is 29.2 Å². The first kappa shape index (κ1) is 36.9. The molecule has 0 aliphatic carbocycles. The molecule has 3 aromatic carbocycles. The first-order valence-electron chi connectivity index (χ1n) is 14.8. The van der Waals surface area contributed by atoms with Crippen LogP contribution in [0.3, 0.4) is 0 Å². The third-order valence-electron chi connectivity index (χ3n) is 6.81. The van der Waals surface area contributed by atoms with Crippen molar-refractivity contribution >= 4 is 64.0 Å². The molecule has 12 nitrogen and oxygen atoms in total. The number of halogens is 3. The molecule has 0 saturated heterocycles. The monoisotopic (exact) mass is 812 g/mol. The van der Waals surface area contributed by atoms with Crippen LogP contribution in [0.25, 0.3) is 0 Å². The van der Waals surface area contributed by atoms with Gasteiger partial charge in [0, 0.05) is 5.70 Å². The summed E-state index contributed by atoms with van der Waals surface area (Å²) in [5.41, 5.74) is 5.43. The third kappa shape index (κ3) is 9.58. The number of aliphatic hydroxyl groups excluding tert-OH is 1. The quantitative estimate of drug-likeness (QED) is 0.0470. The van der Waals surface area contributed by atoms with Gasteiger partial charge < -0.3 is 39.4 Å². The van der Waals surface area contributed by atoms with Crippen LogP contribution in [-0.2, 0) is 16.1 Å². The molecule has 4 rings (SSSR count). The van der Waals surface area contributed by atoms with Crippen LogP contribution in [0.4, 0.5) is 4.79 Å². The molecule has 0 bridgehead atoms. The van der Waals surface area contributed by atoms with Gasteiger partial charge in [-0.1, -0.05) is 35.3 Å². The van der Waals surface area contributed by atoms with Crippen molar-refractivity contribution in [2.75, 3.05) is 26.9 Å². The maximum atomic E-state index is 12.5. The van der Waals surface area contributed by atoms with Crippen molar-refractivity contribution in [3.63, 3.8) is 0 Å². The molecule has 2 amide bonds. The molecule has 1 aliphatic rings. The number of esters is 1. The molecule has 0 radical (unpaired) electrons. The fourth-order valence-electron chi connectivity index (χ4n) is 4.67. The number of hydrogen-bond donors (Lipinski definition) is 4. The molecular weight excluding hydrogens is 778 g/mol. The van der Waals surface area contributed by atoms with Crippen molar-refractivity contribution in [2.45, 2.75) is 39.6 Å². The number of hydrazone groups is 1. The largest absolute Gasteiger partial charge is 0.490 e. The number of allylic oxidation sites excluding steroid dienone is 1. The SMILES string of the molecule is CCOc1cc([C@H]2NC(=O)NC(C)=C2C(=O)OC)ccc1OC[C@H](O)N/N=C/c1cc(I)c(OCc2ccc(Cl)c(Cl)c2)c(OCC)c1. The van der Waals surface area contributed by atoms with Gasteiger partial charge in [-0.25, -0.2) is 9.59 Å². The van der Waals surface area contributed by atoms with Crippen LogP contribution in [0, 0.1) is 3.57 Å². The Morgan fingerprint density at radius 2 is 1.77 bits per heavy atom. The van der Waals surface area contributed by atoms with Crippen molar-refractivity contribution < 1.29 is 38.4 Å². The summed E-state index contributed by atoms with van der Waals surface area (Å²) in [5, 5.41) is 20.9. The van der Waals surface area contributed by atoms with Crippen molar-refractivity contribution in [1.29, 1.82) is 0 Å². The molecule has 0 spiro atoms. The van der Waals surface area contributed by atoms with Gasteiger partial charge in [-0.2, -0.15) is 5.10 Å². The molecule has 256 valence electrons. The number of urea groups is 1. The van der Waals surface area contributed by atoms with E-state index in [2.05, 4.69) is 43.8 Å². The lowest BCUT2D eigenvalue weighted by molar-refractivity contribution is -0.136. The van der Waals surface area contributed by atoms with Crippen LogP contribution in [0.5, 0.6) is 23.0 Å². The smallest absolute Gasteiger partial charge is 0.337 e.